The Kier molecular flexibility index (Phi) is 38.9. The van der Waals surface area contributed by atoms with E-state index in [1.807, 2.05) is 101 Å². The van der Waals surface area contributed by atoms with Crippen molar-refractivity contribution in [3.63, 3.8) is 0 Å². The van der Waals surface area contributed by atoms with Gasteiger partial charge in [-0.15, -0.1) is 45.3 Å². The van der Waals surface area contributed by atoms with E-state index < -0.39 is 0 Å². The van der Waals surface area contributed by atoms with E-state index in [0.29, 0.717) is 71.0 Å². The van der Waals surface area contributed by atoms with Crippen molar-refractivity contribution in [3.8, 4) is 0 Å². The van der Waals surface area contributed by atoms with Crippen LogP contribution in [-0.4, -0.2) is 34.9 Å². The second-order valence-corrected chi connectivity index (χ2v) is 43.0. The summed E-state index contributed by atoms with van der Waals surface area (Å²) in [6.07, 6.45) is 13.1. The number of oxazole rings is 3. The first kappa shape index (κ1) is 108. The van der Waals surface area contributed by atoms with E-state index in [4.69, 9.17) is 35.3 Å². The molecule has 19 heteroatoms. The molecule has 0 unspecified atom stereocenters. The van der Waals surface area contributed by atoms with Crippen LogP contribution in [0, 0.1) is 0 Å². The summed E-state index contributed by atoms with van der Waals surface area (Å²) >= 11 is 6.81. The lowest BCUT2D eigenvalue weighted by Crippen LogP contribution is -1.85. The molecule has 0 amide bonds. The summed E-state index contributed by atoms with van der Waals surface area (Å²) in [5.41, 5.74) is 38.6. The summed E-state index contributed by atoms with van der Waals surface area (Å²) in [4.78, 5) is 29.2. The van der Waals surface area contributed by atoms with Crippen molar-refractivity contribution in [2.75, 3.05) is 0 Å². The fourth-order valence-electron chi connectivity index (χ4n) is 15.3. The molecular formula is C125H137N7O8S4. The number of fused-ring (bicyclic) bond motifs is 12. The zero-order valence-corrected chi connectivity index (χ0v) is 90.8. The highest BCUT2D eigenvalue weighted by Gasteiger charge is 2.13. The number of aromatic nitrogens is 7. The molecule has 0 spiro atoms. The fraction of sp³-hybridized carbons (Fsp3) is 0.288. The Morgan fingerprint density at radius 2 is 0.375 bits per heavy atom. The minimum Gasteiger partial charge on any atom is -0.464 e. The first-order chi connectivity index (χ1) is 69.3. The van der Waals surface area contributed by atoms with Crippen LogP contribution in [0.5, 0.6) is 0 Å². The van der Waals surface area contributed by atoms with Crippen molar-refractivity contribution in [1.29, 1.82) is 0 Å². The fourth-order valence-corrected chi connectivity index (χ4v) is 18.1. The molecule has 12 aromatic carbocycles. The van der Waals surface area contributed by atoms with Gasteiger partial charge in [0, 0.05) is 26.9 Å². The van der Waals surface area contributed by atoms with Crippen LogP contribution in [0.3, 0.4) is 0 Å². The topological polar surface area (TPSA) is 195 Å². The van der Waals surface area contributed by atoms with Crippen LogP contribution >= 0.6 is 45.3 Å². The van der Waals surface area contributed by atoms with Crippen LogP contribution in [0.25, 0.3) is 129 Å². The Morgan fingerprint density at radius 1 is 0.153 bits per heavy atom. The van der Waals surface area contributed by atoms with Gasteiger partial charge in [-0.3, -0.25) is 0 Å². The SMILES string of the molecule is CC(C)c1ccc2ccoc2c1.CC(C)c1ccc2ccoc2c1.CC(C)c1ccc2ncoc2c1.CC(C)c1ccc2ncoc2c1.CC(C)c1ccc2ncsc2c1.CC(C)c1ccc2ncsc2c1.CC(C)c1ccc2occc2c1.CC(C)c1ccc2occc2c1.CC(C)c1ccc2occc2c1.CC(C)c1ccc2ocnc2c1.CC(C)c1ccc2scnc2c1.CC(C)c1ccc2scnc2c1. The van der Waals surface area contributed by atoms with Crippen molar-refractivity contribution in [2.24, 2.45) is 0 Å². The van der Waals surface area contributed by atoms with Gasteiger partial charge >= 0.3 is 0 Å². The molecule has 0 saturated carbocycles. The molecule has 15 nitrogen and oxygen atoms in total. The first-order valence-corrected chi connectivity index (χ1v) is 53.5. The maximum atomic E-state index is 5.31. The maximum Gasteiger partial charge on any atom is 0.181 e. The third kappa shape index (κ3) is 30.2. The van der Waals surface area contributed by atoms with Gasteiger partial charge < -0.3 is 35.3 Å². The van der Waals surface area contributed by atoms with Crippen molar-refractivity contribution in [3.05, 3.63) is 388 Å². The zero-order chi connectivity index (χ0) is 103. The predicted octanol–water partition coefficient (Wildman–Crippen LogP) is 40.3. The highest BCUT2D eigenvalue weighted by atomic mass is 32.1. The summed E-state index contributed by atoms with van der Waals surface area (Å²) in [7, 11) is 0. The average Bonchev–Trinajstić information content (AvgIpc) is 1.78. The second-order valence-electron chi connectivity index (χ2n) is 39.5. The molecule has 0 bridgehead atoms. The molecule has 0 N–H and O–H groups in total. The van der Waals surface area contributed by atoms with Crippen molar-refractivity contribution in [1.82, 2.24) is 34.9 Å². The molecule has 12 aromatic heterocycles. The lowest BCUT2D eigenvalue weighted by molar-refractivity contribution is 0.601. The van der Waals surface area contributed by atoms with E-state index in [9.17, 15) is 0 Å². The van der Waals surface area contributed by atoms with E-state index >= 15 is 0 Å². The lowest BCUT2D eigenvalue weighted by atomic mass is 10.0. The minimum absolute atomic E-state index is 0.541. The van der Waals surface area contributed by atoms with Crippen LogP contribution in [0.4, 0.5) is 0 Å². The number of hydrogen-bond acceptors (Lipinski definition) is 19. The standard InChI is InChI=1S/5C11H12O.3C10H11NO.4C10H11NS/c3*1-8(2)9-3-4-11-10(7-9)5-6-12-11;2*1-8(2)10-4-3-9-5-6-12-11(9)7-10;1-7(2)8-3-4-10-9(5-8)11-6-12-10;2*1-7(2)8-3-4-9-10(5-8)12-6-11-9;2*1-7(2)8-3-4-10-9(5-8)11-6-12-10;2*1-7(2)8-3-4-9-10(5-8)12-6-11-9/h5*3-8H,1-2H3;7*3-7H,1-2H3. The van der Waals surface area contributed by atoms with E-state index in [-0.39, 0.29) is 0 Å². The summed E-state index contributed by atoms with van der Waals surface area (Å²) in [6.45, 7) is 52.6. The first-order valence-electron chi connectivity index (χ1n) is 49.9. The van der Waals surface area contributed by atoms with Gasteiger partial charge in [-0.1, -0.05) is 251 Å². The van der Waals surface area contributed by atoms with Crippen LogP contribution in [0.15, 0.2) is 357 Å². The second kappa shape index (κ2) is 52.0. The third-order valence-electron chi connectivity index (χ3n) is 24.9. The van der Waals surface area contributed by atoms with E-state index in [0.717, 1.165) is 83.3 Å². The lowest BCUT2D eigenvalue weighted by Gasteiger charge is -2.03. The number of benzene rings is 12. The number of rotatable bonds is 12. The van der Waals surface area contributed by atoms with Crippen LogP contribution in [-0.2, 0) is 0 Å². The van der Waals surface area contributed by atoms with Crippen LogP contribution < -0.4 is 0 Å². The van der Waals surface area contributed by atoms with Gasteiger partial charge in [-0.2, -0.15) is 0 Å². The van der Waals surface area contributed by atoms with Crippen LogP contribution in [0.2, 0.25) is 0 Å². The predicted molar refractivity (Wildman–Crippen MR) is 611 cm³/mol. The van der Waals surface area contributed by atoms with Crippen molar-refractivity contribution >= 4 is 174 Å². The van der Waals surface area contributed by atoms with Crippen molar-refractivity contribution in [2.45, 2.75) is 237 Å². The largest absolute Gasteiger partial charge is 0.464 e. The molecule has 12 heterocycles. The number of thiazole rings is 4. The highest BCUT2D eigenvalue weighted by molar-refractivity contribution is 7.17. The smallest absolute Gasteiger partial charge is 0.181 e. The van der Waals surface area contributed by atoms with Gasteiger partial charge in [0.25, 0.3) is 0 Å². The number of nitrogens with zero attached hydrogens (tertiary/aromatic N) is 7. The molecule has 24 rings (SSSR count). The van der Waals surface area contributed by atoms with Crippen LogP contribution in [0.1, 0.15) is 304 Å². The zero-order valence-electron chi connectivity index (χ0n) is 87.6. The Labute approximate surface area is 863 Å². The van der Waals surface area contributed by atoms with Gasteiger partial charge in [0.15, 0.2) is 35.9 Å². The summed E-state index contributed by atoms with van der Waals surface area (Å²) in [5, 5.41) is 5.95. The Balaban J connectivity index is 0.000000132. The Morgan fingerprint density at radius 3 is 0.701 bits per heavy atom. The molecule has 744 valence electrons. The normalized spacial score (nSPS) is 11.2. The highest BCUT2D eigenvalue weighted by Crippen LogP contribution is 2.33. The molecule has 0 radical (unpaired) electrons. The molecule has 144 heavy (non-hydrogen) atoms. The average molecular weight is 1990 g/mol. The summed E-state index contributed by atoms with van der Waals surface area (Å²) < 4.78 is 47.1. The van der Waals surface area contributed by atoms with Crippen molar-refractivity contribution < 1.29 is 35.3 Å². The summed E-state index contributed by atoms with van der Waals surface area (Å²) in [6, 6.07) is 86.1. The molecule has 0 saturated heterocycles. The van der Waals surface area contributed by atoms with E-state index in [1.54, 1.807) is 76.7 Å². The van der Waals surface area contributed by atoms with Gasteiger partial charge in [-0.25, -0.2) is 34.9 Å². The van der Waals surface area contributed by atoms with Gasteiger partial charge in [-0.05, 0) is 302 Å². The Bertz CT molecular complexity index is 6340. The molecule has 0 fully saturated rings. The molecule has 24 aromatic rings. The maximum absolute atomic E-state index is 5.31. The molecule has 0 aliphatic rings. The molecular weight excluding hydrogens is 1860 g/mol. The van der Waals surface area contributed by atoms with E-state index in [2.05, 4.69) is 371 Å². The monoisotopic (exact) mass is 1990 g/mol. The quantitative estimate of drug-likeness (QED) is 0.112. The summed E-state index contributed by atoms with van der Waals surface area (Å²) in [5.74, 6) is 6.93. The molecule has 0 aliphatic carbocycles. The molecule has 0 aliphatic heterocycles. The number of furan rings is 5. The van der Waals surface area contributed by atoms with Gasteiger partial charge in [0.05, 0.1) is 94.2 Å². The third-order valence-corrected chi connectivity index (χ3v) is 28.1. The Hall–Kier alpha value is -13.7. The van der Waals surface area contributed by atoms with Gasteiger partial charge in [0.1, 0.15) is 44.5 Å². The number of hydrogen-bond donors (Lipinski definition) is 0. The van der Waals surface area contributed by atoms with E-state index in [1.165, 1.54) is 132 Å². The molecule has 0 atom stereocenters. The van der Waals surface area contributed by atoms with Gasteiger partial charge in [0.2, 0.25) is 0 Å². The minimum atomic E-state index is 0.541.